The van der Waals surface area contributed by atoms with Crippen LogP contribution in [-0.2, 0) is 12.7 Å². The minimum absolute atomic E-state index is 0.123. The van der Waals surface area contributed by atoms with Crippen LogP contribution in [0.25, 0.3) is 0 Å². The van der Waals surface area contributed by atoms with Crippen LogP contribution >= 0.6 is 0 Å². The fraction of sp³-hybridized carbons (Fsp3) is 0.304. The van der Waals surface area contributed by atoms with Gasteiger partial charge in [-0.25, -0.2) is 4.79 Å². The second-order valence-corrected chi connectivity index (χ2v) is 7.60. The molecule has 31 heavy (non-hydrogen) atoms. The maximum Gasteiger partial charge on any atom is 0.435 e. The van der Waals surface area contributed by atoms with E-state index in [-0.39, 0.29) is 25.0 Å². The molecule has 2 N–H and O–H groups in total. The number of aromatic nitrogens is 2. The molecule has 0 radical (unpaired) electrons. The SMILES string of the molecule is O=C(NCCn1nc(C(F)(F)F)cc1C1CC1)NC(c1ccccc1)c1ccccc1. The summed E-state index contributed by atoms with van der Waals surface area (Å²) in [5.74, 6) is 0.123. The van der Waals surface area contributed by atoms with E-state index in [4.69, 9.17) is 0 Å². The highest BCUT2D eigenvalue weighted by Gasteiger charge is 2.37. The van der Waals surface area contributed by atoms with Crippen molar-refractivity contribution in [2.45, 2.75) is 37.5 Å². The number of urea groups is 1. The number of halogens is 3. The van der Waals surface area contributed by atoms with Crippen molar-refractivity contribution in [2.75, 3.05) is 6.54 Å². The Bertz CT molecular complexity index is 975. The Labute approximate surface area is 178 Å². The molecule has 1 aromatic heterocycles. The van der Waals surface area contributed by atoms with Crippen molar-refractivity contribution < 1.29 is 18.0 Å². The predicted octanol–water partition coefficient (Wildman–Crippen LogP) is 4.87. The van der Waals surface area contributed by atoms with E-state index in [1.165, 1.54) is 4.68 Å². The van der Waals surface area contributed by atoms with E-state index in [1.807, 2.05) is 60.7 Å². The Morgan fingerprint density at radius 3 is 2.13 bits per heavy atom. The van der Waals surface area contributed by atoms with Crippen LogP contribution in [0.4, 0.5) is 18.0 Å². The number of hydrogen-bond acceptors (Lipinski definition) is 2. The van der Waals surface area contributed by atoms with Gasteiger partial charge >= 0.3 is 12.2 Å². The number of carbonyl (C=O) groups is 1. The molecule has 2 aromatic carbocycles. The number of amides is 2. The predicted molar refractivity (Wildman–Crippen MR) is 110 cm³/mol. The third-order valence-electron chi connectivity index (χ3n) is 5.25. The molecule has 1 aliphatic rings. The molecule has 0 atom stereocenters. The summed E-state index contributed by atoms with van der Waals surface area (Å²) in [5.41, 5.74) is 1.57. The van der Waals surface area contributed by atoms with E-state index in [2.05, 4.69) is 15.7 Å². The Morgan fingerprint density at radius 2 is 1.61 bits per heavy atom. The van der Waals surface area contributed by atoms with Gasteiger partial charge in [0.25, 0.3) is 0 Å². The first kappa shape index (κ1) is 21.0. The first-order valence-corrected chi connectivity index (χ1v) is 10.2. The molecule has 5 nitrogen and oxygen atoms in total. The van der Waals surface area contributed by atoms with Crippen molar-refractivity contribution in [1.29, 1.82) is 0 Å². The molecular formula is C23H23F3N4O. The van der Waals surface area contributed by atoms with E-state index >= 15 is 0 Å². The number of alkyl halides is 3. The molecule has 1 fully saturated rings. The average Bonchev–Trinajstić information content (AvgIpc) is 3.51. The Kier molecular flexibility index (Phi) is 5.97. The van der Waals surface area contributed by atoms with Crippen LogP contribution in [0.15, 0.2) is 66.7 Å². The minimum Gasteiger partial charge on any atom is -0.336 e. The number of hydrogen-bond donors (Lipinski definition) is 2. The average molecular weight is 428 g/mol. The smallest absolute Gasteiger partial charge is 0.336 e. The number of rotatable bonds is 7. The maximum atomic E-state index is 13.0. The number of nitrogens with one attached hydrogen (secondary N) is 2. The zero-order chi connectivity index (χ0) is 21.8. The molecule has 2 amide bonds. The third kappa shape index (κ3) is 5.25. The van der Waals surface area contributed by atoms with E-state index in [9.17, 15) is 18.0 Å². The molecule has 0 aliphatic heterocycles. The summed E-state index contributed by atoms with van der Waals surface area (Å²) in [7, 11) is 0. The molecule has 0 saturated heterocycles. The molecule has 0 bridgehead atoms. The van der Waals surface area contributed by atoms with Crippen LogP contribution < -0.4 is 10.6 Å². The lowest BCUT2D eigenvalue weighted by atomic mass is 9.99. The van der Waals surface area contributed by atoms with E-state index in [0.29, 0.717) is 5.69 Å². The highest BCUT2D eigenvalue weighted by Crippen LogP contribution is 2.42. The lowest BCUT2D eigenvalue weighted by molar-refractivity contribution is -0.141. The molecule has 4 rings (SSSR count). The molecule has 0 unspecified atom stereocenters. The molecule has 1 saturated carbocycles. The molecule has 3 aromatic rings. The molecule has 1 aliphatic carbocycles. The second kappa shape index (κ2) is 8.83. The lowest BCUT2D eigenvalue weighted by Crippen LogP contribution is -2.39. The summed E-state index contributed by atoms with van der Waals surface area (Å²) in [4.78, 5) is 12.6. The molecule has 8 heteroatoms. The Morgan fingerprint density at radius 1 is 1.03 bits per heavy atom. The summed E-state index contributed by atoms with van der Waals surface area (Å²) in [5, 5.41) is 9.41. The van der Waals surface area contributed by atoms with Crippen LogP contribution in [0.5, 0.6) is 0 Å². The van der Waals surface area contributed by atoms with Crippen molar-refractivity contribution in [3.63, 3.8) is 0 Å². The van der Waals surface area contributed by atoms with Gasteiger partial charge < -0.3 is 10.6 Å². The van der Waals surface area contributed by atoms with Crippen molar-refractivity contribution >= 4 is 6.03 Å². The van der Waals surface area contributed by atoms with Crippen molar-refractivity contribution in [3.8, 4) is 0 Å². The Balaban J connectivity index is 1.40. The monoisotopic (exact) mass is 428 g/mol. The molecule has 0 spiro atoms. The zero-order valence-corrected chi connectivity index (χ0v) is 16.8. The summed E-state index contributed by atoms with van der Waals surface area (Å²) in [6.07, 6.45) is -2.74. The van der Waals surface area contributed by atoms with E-state index in [0.717, 1.165) is 30.0 Å². The second-order valence-electron chi connectivity index (χ2n) is 7.60. The number of carbonyl (C=O) groups excluding carboxylic acids is 1. The van der Waals surface area contributed by atoms with Crippen LogP contribution in [0, 0.1) is 0 Å². The van der Waals surface area contributed by atoms with Crippen LogP contribution in [0.2, 0.25) is 0 Å². The molecule has 162 valence electrons. The number of benzene rings is 2. The van der Waals surface area contributed by atoms with Crippen molar-refractivity contribution in [3.05, 3.63) is 89.2 Å². The topological polar surface area (TPSA) is 59.0 Å². The van der Waals surface area contributed by atoms with Gasteiger partial charge in [-0.3, -0.25) is 4.68 Å². The summed E-state index contributed by atoms with van der Waals surface area (Å²) in [6.45, 7) is 0.345. The van der Waals surface area contributed by atoms with Crippen molar-refractivity contribution in [2.24, 2.45) is 0 Å². The van der Waals surface area contributed by atoms with Gasteiger partial charge in [0.15, 0.2) is 5.69 Å². The fourth-order valence-electron chi connectivity index (χ4n) is 3.56. The summed E-state index contributed by atoms with van der Waals surface area (Å²) >= 11 is 0. The maximum absolute atomic E-state index is 13.0. The Hall–Kier alpha value is -3.29. The first-order chi connectivity index (χ1) is 14.9. The standard InChI is InChI=1S/C23H23F3N4O/c24-23(25,26)20-15-19(16-11-12-16)30(29-20)14-13-27-22(31)28-21(17-7-3-1-4-8-17)18-9-5-2-6-10-18/h1-10,15-16,21H,11-14H2,(H2,27,28,31). The zero-order valence-electron chi connectivity index (χ0n) is 16.8. The normalized spacial score (nSPS) is 13.9. The third-order valence-corrected chi connectivity index (χ3v) is 5.25. The number of nitrogens with zero attached hydrogens (tertiary/aromatic N) is 2. The van der Waals surface area contributed by atoms with Gasteiger partial charge in [0, 0.05) is 18.2 Å². The van der Waals surface area contributed by atoms with Gasteiger partial charge in [-0.2, -0.15) is 18.3 Å². The van der Waals surface area contributed by atoms with E-state index < -0.39 is 17.9 Å². The summed E-state index contributed by atoms with van der Waals surface area (Å²) < 4.78 is 40.4. The van der Waals surface area contributed by atoms with Gasteiger partial charge in [-0.1, -0.05) is 60.7 Å². The largest absolute Gasteiger partial charge is 0.435 e. The van der Waals surface area contributed by atoms with Gasteiger partial charge in [0.2, 0.25) is 0 Å². The van der Waals surface area contributed by atoms with Crippen LogP contribution in [-0.4, -0.2) is 22.4 Å². The highest BCUT2D eigenvalue weighted by atomic mass is 19.4. The van der Waals surface area contributed by atoms with Gasteiger partial charge in [-0.15, -0.1) is 0 Å². The van der Waals surface area contributed by atoms with Crippen LogP contribution in [0.1, 0.15) is 47.3 Å². The summed E-state index contributed by atoms with van der Waals surface area (Å²) in [6, 6.07) is 19.5. The fourth-order valence-corrected chi connectivity index (χ4v) is 3.56. The molecular weight excluding hydrogens is 405 g/mol. The van der Waals surface area contributed by atoms with E-state index in [1.54, 1.807) is 0 Å². The lowest BCUT2D eigenvalue weighted by Gasteiger charge is -2.20. The van der Waals surface area contributed by atoms with Crippen LogP contribution in [0.3, 0.4) is 0 Å². The highest BCUT2D eigenvalue weighted by molar-refractivity contribution is 5.75. The first-order valence-electron chi connectivity index (χ1n) is 10.2. The minimum atomic E-state index is -4.47. The van der Waals surface area contributed by atoms with Crippen molar-refractivity contribution in [1.82, 2.24) is 20.4 Å². The van der Waals surface area contributed by atoms with Gasteiger partial charge in [0.1, 0.15) is 0 Å². The quantitative estimate of drug-likeness (QED) is 0.564. The molecule has 1 heterocycles. The van der Waals surface area contributed by atoms with Gasteiger partial charge in [0.05, 0.1) is 12.6 Å². The van der Waals surface area contributed by atoms with Gasteiger partial charge in [-0.05, 0) is 30.0 Å².